The second kappa shape index (κ2) is 6.40. The first-order valence-electron chi connectivity index (χ1n) is 7.98. The van der Waals surface area contributed by atoms with E-state index in [-0.39, 0.29) is 5.91 Å². The number of hydrogen-bond acceptors (Lipinski definition) is 7. The highest BCUT2D eigenvalue weighted by Crippen LogP contribution is 2.28. The summed E-state index contributed by atoms with van der Waals surface area (Å²) in [6, 6.07) is 5.11. The molecule has 3 aromatic heterocycles. The Morgan fingerprint density at radius 2 is 2.08 bits per heavy atom. The number of amides is 1. The maximum Gasteiger partial charge on any atom is 0.251 e. The molecule has 4 rings (SSSR count). The SMILES string of the molecule is Cc1cnc(CNC(=O)c2ccc3onc(-c4coc(C)n4)c3c2)cn1. The zero-order chi connectivity index (χ0) is 18.1. The molecule has 0 bridgehead atoms. The third-order valence-electron chi connectivity index (χ3n) is 3.86. The van der Waals surface area contributed by atoms with E-state index >= 15 is 0 Å². The summed E-state index contributed by atoms with van der Waals surface area (Å²) in [4.78, 5) is 25.1. The Kier molecular flexibility index (Phi) is 3.92. The summed E-state index contributed by atoms with van der Waals surface area (Å²) < 4.78 is 10.5. The van der Waals surface area contributed by atoms with Crippen molar-refractivity contribution in [2.24, 2.45) is 0 Å². The Bertz CT molecular complexity index is 1080. The van der Waals surface area contributed by atoms with E-state index in [1.807, 2.05) is 6.92 Å². The van der Waals surface area contributed by atoms with Gasteiger partial charge in [0.15, 0.2) is 11.5 Å². The summed E-state index contributed by atoms with van der Waals surface area (Å²) in [6.45, 7) is 3.90. The minimum Gasteiger partial charge on any atom is -0.449 e. The van der Waals surface area contributed by atoms with E-state index < -0.39 is 0 Å². The number of nitrogens with one attached hydrogen (secondary N) is 1. The predicted octanol–water partition coefficient (Wildman–Crippen LogP) is 2.82. The second-order valence-electron chi connectivity index (χ2n) is 5.83. The Hall–Kier alpha value is -3.55. The molecule has 0 spiro atoms. The maximum atomic E-state index is 12.5. The van der Waals surface area contributed by atoms with Crippen LogP contribution in [-0.2, 0) is 6.54 Å². The van der Waals surface area contributed by atoms with E-state index in [1.54, 1.807) is 37.5 Å². The molecule has 1 N–H and O–H groups in total. The third-order valence-corrected chi connectivity index (χ3v) is 3.86. The van der Waals surface area contributed by atoms with Gasteiger partial charge in [-0.2, -0.15) is 0 Å². The normalized spacial score (nSPS) is 11.0. The van der Waals surface area contributed by atoms with Crippen molar-refractivity contribution >= 4 is 16.9 Å². The van der Waals surface area contributed by atoms with E-state index in [0.29, 0.717) is 46.0 Å². The van der Waals surface area contributed by atoms with Crippen LogP contribution in [0.1, 0.15) is 27.6 Å². The van der Waals surface area contributed by atoms with Crippen LogP contribution in [0.2, 0.25) is 0 Å². The van der Waals surface area contributed by atoms with Crippen molar-refractivity contribution in [2.45, 2.75) is 20.4 Å². The number of hydrogen-bond donors (Lipinski definition) is 1. The monoisotopic (exact) mass is 349 g/mol. The van der Waals surface area contributed by atoms with Crippen LogP contribution in [-0.4, -0.2) is 26.0 Å². The number of nitrogens with zero attached hydrogens (tertiary/aromatic N) is 4. The van der Waals surface area contributed by atoms with Gasteiger partial charge >= 0.3 is 0 Å². The lowest BCUT2D eigenvalue weighted by Crippen LogP contribution is -2.23. The number of carbonyl (C=O) groups excluding carboxylic acids is 1. The maximum absolute atomic E-state index is 12.5. The van der Waals surface area contributed by atoms with Crippen LogP contribution >= 0.6 is 0 Å². The molecule has 8 heteroatoms. The van der Waals surface area contributed by atoms with Gasteiger partial charge in [0.1, 0.15) is 17.7 Å². The van der Waals surface area contributed by atoms with Crippen molar-refractivity contribution < 1.29 is 13.7 Å². The molecular formula is C18H15N5O3. The van der Waals surface area contributed by atoms with E-state index in [2.05, 4.69) is 25.4 Å². The lowest BCUT2D eigenvalue weighted by molar-refractivity contribution is 0.0950. The van der Waals surface area contributed by atoms with Crippen LogP contribution in [0.25, 0.3) is 22.4 Å². The Morgan fingerprint density at radius 3 is 2.81 bits per heavy atom. The molecule has 0 aliphatic rings. The molecule has 0 saturated heterocycles. The van der Waals surface area contributed by atoms with Gasteiger partial charge in [0.05, 0.1) is 29.5 Å². The minimum atomic E-state index is -0.224. The van der Waals surface area contributed by atoms with Crippen molar-refractivity contribution in [3.63, 3.8) is 0 Å². The smallest absolute Gasteiger partial charge is 0.251 e. The highest BCUT2D eigenvalue weighted by atomic mass is 16.5. The van der Waals surface area contributed by atoms with Gasteiger partial charge in [-0.05, 0) is 25.1 Å². The fraction of sp³-hybridized carbons (Fsp3) is 0.167. The standard InChI is InChI=1S/C18H15N5O3/c1-10-6-20-13(7-19-10)8-21-18(24)12-3-4-16-14(5-12)17(23-26-16)15-9-25-11(2)22-15/h3-7,9H,8H2,1-2H3,(H,21,24). The molecule has 4 aromatic rings. The average Bonchev–Trinajstić information content (AvgIpc) is 3.26. The summed E-state index contributed by atoms with van der Waals surface area (Å²) in [6.07, 6.45) is 4.82. The molecule has 1 amide bonds. The molecule has 8 nitrogen and oxygen atoms in total. The van der Waals surface area contributed by atoms with Crippen molar-refractivity contribution in [1.29, 1.82) is 0 Å². The van der Waals surface area contributed by atoms with Crippen LogP contribution in [0.5, 0.6) is 0 Å². The lowest BCUT2D eigenvalue weighted by Gasteiger charge is -2.05. The summed E-state index contributed by atoms with van der Waals surface area (Å²) in [7, 11) is 0. The van der Waals surface area contributed by atoms with Gasteiger partial charge in [0.2, 0.25) is 0 Å². The van der Waals surface area contributed by atoms with Gasteiger partial charge in [-0.3, -0.25) is 14.8 Å². The number of fused-ring (bicyclic) bond motifs is 1. The Morgan fingerprint density at radius 1 is 1.19 bits per heavy atom. The van der Waals surface area contributed by atoms with Gasteiger partial charge in [0.25, 0.3) is 5.91 Å². The van der Waals surface area contributed by atoms with E-state index in [1.165, 1.54) is 6.26 Å². The van der Waals surface area contributed by atoms with Crippen molar-refractivity contribution in [1.82, 2.24) is 25.4 Å². The largest absolute Gasteiger partial charge is 0.449 e. The van der Waals surface area contributed by atoms with Gasteiger partial charge in [-0.1, -0.05) is 5.16 Å². The number of aromatic nitrogens is 4. The molecule has 0 atom stereocenters. The summed E-state index contributed by atoms with van der Waals surface area (Å²) in [5.41, 5.74) is 3.68. The zero-order valence-electron chi connectivity index (χ0n) is 14.2. The van der Waals surface area contributed by atoms with Crippen molar-refractivity contribution in [3.8, 4) is 11.4 Å². The molecular weight excluding hydrogens is 334 g/mol. The van der Waals surface area contributed by atoms with Crippen LogP contribution < -0.4 is 5.32 Å². The molecule has 0 aliphatic heterocycles. The first kappa shape index (κ1) is 15.9. The fourth-order valence-corrected chi connectivity index (χ4v) is 2.52. The fourth-order valence-electron chi connectivity index (χ4n) is 2.52. The molecule has 0 aliphatic carbocycles. The summed E-state index contributed by atoms with van der Waals surface area (Å²) >= 11 is 0. The van der Waals surface area contributed by atoms with Crippen molar-refractivity contribution in [2.75, 3.05) is 0 Å². The number of aryl methyl sites for hydroxylation is 2. The zero-order valence-corrected chi connectivity index (χ0v) is 14.2. The van der Waals surface area contributed by atoms with Crippen LogP contribution in [0.15, 0.2) is 45.8 Å². The average molecular weight is 349 g/mol. The summed E-state index contributed by atoms with van der Waals surface area (Å²) in [5.74, 6) is 0.307. The number of carbonyl (C=O) groups is 1. The molecule has 3 heterocycles. The number of rotatable bonds is 4. The molecule has 0 saturated carbocycles. The lowest BCUT2D eigenvalue weighted by atomic mass is 10.1. The number of benzene rings is 1. The first-order valence-corrected chi connectivity index (χ1v) is 7.98. The number of oxazole rings is 1. The molecule has 0 fully saturated rings. The van der Waals surface area contributed by atoms with Gasteiger partial charge in [-0.25, -0.2) is 4.98 Å². The van der Waals surface area contributed by atoms with Crippen LogP contribution in [0.4, 0.5) is 0 Å². The highest BCUT2D eigenvalue weighted by Gasteiger charge is 2.16. The van der Waals surface area contributed by atoms with Gasteiger partial charge in [0, 0.05) is 18.7 Å². The quantitative estimate of drug-likeness (QED) is 0.603. The van der Waals surface area contributed by atoms with Crippen LogP contribution in [0.3, 0.4) is 0 Å². The molecule has 0 radical (unpaired) electrons. The van der Waals surface area contributed by atoms with Gasteiger partial charge in [-0.15, -0.1) is 0 Å². The molecule has 26 heavy (non-hydrogen) atoms. The van der Waals surface area contributed by atoms with Crippen LogP contribution in [0, 0.1) is 13.8 Å². The second-order valence-corrected chi connectivity index (χ2v) is 5.83. The summed E-state index contributed by atoms with van der Waals surface area (Å²) in [5, 5.41) is 7.56. The van der Waals surface area contributed by atoms with E-state index in [9.17, 15) is 4.79 Å². The topological polar surface area (TPSA) is 107 Å². The Labute approximate surface area is 148 Å². The Balaban J connectivity index is 1.58. The minimum absolute atomic E-state index is 0.224. The third kappa shape index (κ3) is 3.04. The first-order chi connectivity index (χ1) is 12.6. The highest BCUT2D eigenvalue weighted by molar-refractivity contribution is 6.00. The molecule has 0 unspecified atom stereocenters. The van der Waals surface area contributed by atoms with E-state index in [0.717, 1.165) is 5.69 Å². The van der Waals surface area contributed by atoms with E-state index in [4.69, 9.17) is 8.94 Å². The van der Waals surface area contributed by atoms with Crippen molar-refractivity contribution in [3.05, 3.63) is 59.7 Å². The van der Waals surface area contributed by atoms with Gasteiger partial charge < -0.3 is 14.3 Å². The predicted molar refractivity (Wildman–Crippen MR) is 92.2 cm³/mol. The molecule has 1 aromatic carbocycles. The molecule has 130 valence electrons.